The van der Waals surface area contributed by atoms with Crippen molar-refractivity contribution in [1.29, 1.82) is 0 Å². The second kappa shape index (κ2) is 6.37. The fourth-order valence-corrected chi connectivity index (χ4v) is 4.10. The van der Waals surface area contributed by atoms with E-state index in [1.807, 2.05) is 48.0 Å². The largest absolute Gasteiger partial charge is 0.351 e. The highest BCUT2D eigenvalue weighted by Crippen LogP contribution is 2.36. The van der Waals surface area contributed by atoms with Crippen LogP contribution in [-0.2, 0) is 0 Å². The number of amides is 2. The number of anilines is 1. The second-order valence-corrected chi connectivity index (χ2v) is 7.31. The number of benzene rings is 2. The standard InChI is InChI=1S/C21H22FN3O2/c1-14-5-3-4-6-16(14)20(27)25-11-9-21(10-12-25)23-19(26)17-13-15(22)7-8-18(17)24(21)2/h3-8,13H,9-12H2,1-2H3,(H,23,26). The number of aryl methyl sites for hydroxylation is 1. The lowest BCUT2D eigenvalue weighted by Crippen LogP contribution is -2.67. The van der Waals surface area contributed by atoms with Crippen LogP contribution in [0.5, 0.6) is 0 Å². The van der Waals surface area contributed by atoms with Crippen molar-refractivity contribution in [2.45, 2.75) is 25.4 Å². The van der Waals surface area contributed by atoms with E-state index < -0.39 is 11.5 Å². The molecule has 1 fully saturated rings. The molecule has 0 aromatic heterocycles. The molecule has 0 saturated carbocycles. The molecule has 2 aromatic rings. The van der Waals surface area contributed by atoms with Gasteiger partial charge in [0, 0.05) is 38.5 Å². The van der Waals surface area contributed by atoms with E-state index in [0.29, 0.717) is 31.5 Å². The molecular formula is C21H22FN3O2. The number of rotatable bonds is 1. The highest BCUT2D eigenvalue weighted by atomic mass is 19.1. The molecule has 6 heteroatoms. The lowest BCUT2D eigenvalue weighted by molar-refractivity contribution is 0.0608. The Labute approximate surface area is 157 Å². The number of likely N-dealkylation sites (tertiary alicyclic amines) is 1. The predicted molar refractivity (Wildman–Crippen MR) is 101 cm³/mol. The van der Waals surface area contributed by atoms with Gasteiger partial charge < -0.3 is 15.1 Å². The molecule has 2 aliphatic heterocycles. The maximum Gasteiger partial charge on any atom is 0.255 e. The van der Waals surface area contributed by atoms with Gasteiger partial charge in [-0.25, -0.2) is 4.39 Å². The lowest BCUT2D eigenvalue weighted by Gasteiger charge is -2.51. The fourth-order valence-electron chi connectivity index (χ4n) is 4.10. The Morgan fingerprint density at radius 1 is 1.15 bits per heavy atom. The van der Waals surface area contributed by atoms with E-state index in [1.54, 1.807) is 6.07 Å². The number of halogens is 1. The number of carbonyl (C=O) groups is 2. The maximum atomic E-state index is 13.5. The summed E-state index contributed by atoms with van der Waals surface area (Å²) in [5, 5.41) is 3.06. The molecule has 2 heterocycles. The van der Waals surface area contributed by atoms with E-state index in [1.165, 1.54) is 12.1 Å². The first-order chi connectivity index (χ1) is 12.9. The highest BCUT2D eigenvalue weighted by molar-refractivity contribution is 6.02. The van der Waals surface area contributed by atoms with Crippen LogP contribution < -0.4 is 10.2 Å². The molecule has 2 aromatic carbocycles. The molecule has 0 atom stereocenters. The Hall–Kier alpha value is -2.89. The molecule has 2 aliphatic rings. The summed E-state index contributed by atoms with van der Waals surface area (Å²) < 4.78 is 13.5. The van der Waals surface area contributed by atoms with Gasteiger partial charge in [-0.2, -0.15) is 0 Å². The maximum absolute atomic E-state index is 13.5. The summed E-state index contributed by atoms with van der Waals surface area (Å²) >= 11 is 0. The van der Waals surface area contributed by atoms with Gasteiger partial charge in [-0.3, -0.25) is 9.59 Å². The first-order valence-electron chi connectivity index (χ1n) is 9.12. The zero-order valence-electron chi connectivity index (χ0n) is 15.5. The molecule has 5 nitrogen and oxygen atoms in total. The molecule has 0 bridgehead atoms. The Kier molecular flexibility index (Phi) is 4.13. The normalized spacial score (nSPS) is 18.3. The number of carbonyl (C=O) groups excluding carboxylic acids is 2. The van der Waals surface area contributed by atoms with Gasteiger partial charge in [0.1, 0.15) is 11.5 Å². The zero-order valence-corrected chi connectivity index (χ0v) is 15.5. The lowest BCUT2D eigenvalue weighted by atomic mass is 9.90. The summed E-state index contributed by atoms with van der Waals surface area (Å²) in [6.07, 6.45) is 1.23. The van der Waals surface area contributed by atoms with Crippen LogP contribution in [0.4, 0.5) is 10.1 Å². The van der Waals surface area contributed by atoms with Crippen molar-refractivity contribution in [3.8, 4) is 0 Å². The van der Waals surface area contributed by atoms with Gasteiger partial charge in [0.25, 0.3) is 11.8 Å². The SMILES string of the molecule is Cc1ccccc1C(=O)N1CCC2(CC1)NC(=O)c1cc(F)ccc1N2C. The monoisotopic (exact) mass is 367 g/mol. The van der Waals surface area contributed by atoms with Crippen LogP contribution in [0.15, 0.2) is 42.5 Å². The summed E-state index contributed by atoms with van der Waals surface area (Å²) in [5.74, 6) is -0.664. The van der Waals surface area contributed by atoms with Gasteiger partial charge in [0.05, 0.1) is 11.3 Å². The smallest absolute Gasteiger partial charge is 0.255 e. The molecule has 0 unspecified atom stereocenters. The molecule has 1 saturated heterocycles. The topological polar surface area (TPSA) is 52.7 Å². The Bertz CT molecular complexity index is 919. The molecule has 0 aliphatic carbocycles. The van der Waals surface area contributed by atoms with Crippen molar-refractivity contribution >= 4 is 17.5 Å². The molecule has 2 amide bonds. The van der Waals surface area contributed by atoms with Crippen molar-refractivity contribution < 1.29 is 14.0 Å². The van der Waals surface area contributed by atoms with E-state index in [2.05, 4.69) is 5.32 Å². The number of fused-ring (bicyclic) bond motifs is 1. The highest BCUT2D eigenvalue weighted by Gasteiger charge is 2.45. The number of hydrogen-bond donors (Lipinski definition) is 1. The molecule has 0 radical (unpaired) electrons. The van der Waals surface area contributed by atoms with Crippen LogP contribution in [0.1, 0.15) is 39.1 Å². The van der Waals surface area contributed by atoms with E-state index in [4.69, 9.17) is 0 Å². The van der Waals surface area contributed by atoms with E-state index in [9.17, 15) is 14.0 Å². The number of piperidine rings is 1. The number of hydrogen-bond acceptors (Lipinski definition) is 3. The Balaban J connectivity index is 1.55. The number of nitrogens with zero attached hydrogens (tertiary/aromatic N) is 2. The minimum absolute atomic E-state index is 0.0233. The van der Waals surface area contributed by atoms with Crippen LogP contribution in [0.2, 0.25) is 0 Å². The summed E-state index contributed by atoms with van der Waals surface area (Å²) in [7, 11) is 1.91. The first kappa shape index (κ1) is 17.5. The number of nitrogens with one attached hydrogen (secondary N) is 1. The van der Waals surface area contributed by atoms with Crippen molar-refractivity contribution in [3.05, 3.63) is 65.0 Å². The molecule has 1 N–H and O–H groups in total. The van der Waals surface area contributed by atoms with E-state index >= 15 is 0 Å². The Morgan fingerprint density at radius 3 is 2.56 bits per heavy atom. The molecule has 27 heavy (non-hydrogen) atoms. The minimum atomic E-state index is -0.551. The van der Waals surface area contributed by atoms with Crippen molar-refractivity contribution in [2.75, 3.05) is 25.0 Å². The van der Waals surface area contributed by atoms with Gasteiger partial charge in [-0.15, -0.1) is 0 Å². The quantitative estimate of drug-likeness (QED) is 0.843. The first-order valence-corrected chi connectivity index (χ1v) is 9.12. The minimum Gasteiger partial charge on any atom is -0.351 e. The second-order valence-electron chi connectivity index (χ2n) is 7.31. The molecule has 4 rings (SSSR count). The van der Waals surface area contributed by atoms with Crippen LogP contribution >= 0.6 is 0 Å². The summed E-state index contributed by atoms with van der Waals surface area (Å²) in [6, 6.07) is 11.9. The Morgan fingerprint density at radius 2 is 1.85 bits per heavy atom. The van der Waals surface area contributed by atoms with Gasteiger partial charge >= 0.3 is 0 Å². The summed E-state index contributed by atoms with van der Waals surface area (Å²) in [5.41, 5.74) is 2.20. The van der Waals surface area contributed by atoms with Crippen molar-refractivity contribution in [1.82, 2.24) is 10.2 Å². The fraction of sp³-hybridized carbons (Fsp3) is 0.333. The van der Waals surface area contributed by atoms with E-state index in [0.717, 1.165) is 16.8 Å². The zero-order chi connectivity index (χ0) is 19.2. The molecule has 1 spiro atoms. The van der Waals surface area contributed by atoms with Gasteiger partial charge in [0.2, 0.25) is 0 Å². The average Bonchev–Trinajstić information content (AvgIpc) is 2.67. The third kappa shape index (κ3) is 2.85. The van der Waals surface area contributed by atoms with Crippen molar-refractivity contribution in [2.24, 2.45) is 0 Å². The van der Waals surface area contributed by atoms with E-state index in [-0.39, 0.29) is 11.8 Å². The van der Waals surface area contributed by atoms with Crippen LogP contribution in [0, 0.1) is 12.7 Å². The third-order valence-corrected chi connectivity index (χ3v) is 5.81. The third-order valence-electron chi connectivity index (χ3n) is 5.81. The van der Waals surface area contributed by atoms with Gasteiger partial charge in [-0.1, -0.05) is 18.2 Å². The average molecular weight is 367 g/mol. The van der Waals surface area contributed by atoms with Gasteiger partial charge in [0.15, 0.2) is 0 Å². The van der Waals surface area contributed by atoms with Gasteiger partial charge in [-0.05, 0) is 36.8 Å². The van der Waals surface area contributed by atoms with Crippen LogP contribution in [0.25, 0.3) is 0 Å². The van der Waals surface area contributed by atoms with Crippen LogP contribution in [-0.4, -0.2) is 42.5 Å². The molecule has 140 valence electrons. The van der Waals surface area contributed by atoms with Crippen molar-refractivity contribution in [3.63, 3.8) is 0 Å². The van der Waals surface area contributed by atoms with Crippen LogP contribution in [0.3, 0.4) is 0 Å². The molecular weight excluding hydrogens is 345 g/mol. The summed E-state index contributed by atoms with van der Waals surface area (Å²) in [6.45, 7) is 3.03. The summed E-state index contributed by atoms with van der Waals surface area (Å²) in [4.78, 5) is 29.3. The predicted octanol–water partition coefficient (Wildman–Crippen LogP) is 2.95.